The molecule has 0 aromatic heterocycles. The molecular formula is C9H13BO. The Balaban J connectivity index is 0.000001000. The number of para-hydroxylation sites is 1. The van der Waals surface area contributed by atoms with Crippen molar-refractivity contribution in [1.82, 2.24) is 0 Å². The molecule has 0 spiro atoms. The van der Waals surface area contributed by atoms with Crippen LogP contribution < -0.4 is 4.74 Å². The van der Waals surface area contributed by atoms with Crippen molar-refractivity contribution < 1.29 is 4.74 Å². The average Bonchev–Trinajstić information content (AvgIpc) is 2.03. The summed E-state index contributed by atoms with van der Waals surface area (Å²) in [6.07, 6.45) is 1.73. The monoisotopic (exact) mass is 148 g/mol. The highest BCUT2D eigenvalue weighted by molar-refractivity contribution is 5.75. The number of rotatable bonds is 3. The minimum atomic E-state index is 0. The molecule has 0 saturated heterocycles. The first-order valence-corrected chi connectivity index (χ1v) is 3.22. The second kappa shape index (κ2) is 5.60. The van der Waals surface area contributed by atoms with Crippen molar-refractivity contribution in [3.05, 3.63) is 43.0 Å². The molecule has 2 heteroatoms. The van der Waals surface area contributed by atoms with Crippen LogP contribution in [0.25, 0.3) is 0 Å². The van der Waals surface area contributed by atoms with E-state index in [1.807, 2.05) is 30.3 Å². The fraction of sp³-hybridized carbons (Fsp3) is 0.111. The van der Waals surface area contributed by atoms with E-state index in [9.17, 15) is 0 Å². The molecule has 0 aliphatic rings. The van der Waals surface area contributed by atoms with Crippen LogP contribution in [0.15, 0.2) is 43.0 Å². The summed E-state index contributed by atoms with van der Waals surface area (Å²) in [6.45, 7) is 4.12. The van der Waals surface area contributed by atoms with E-state index in [1.54, 1.807) is 6.08 Å². The van der Waals surface area contributed by atoms with Gasteiger partial charge in [0.15, 0.2) is 0 Å². The molecule has 0 radical (unpaired) electrons. The molecule has 0 fully saturated rings. The average molecular weight is 148 g/mol. The largest absolute Gasteiger partial charge is 0.490 e. The van der Waals surface area contributed by atoms with Gasteiger partial charge in [0.05, 0.1) is 8.41 Å². The maximum absolute atomic E-state index is 5.24. The minimum absolute atomic E-state index is 0. The first-order valence-electron chi connectivity index (χ1n) is 3.22. The van der Waals surface area contributed by atoms with E-state index >= 15 is 0 Å². The molecule has 0 unspecified atom stereocenters. The lowest BCUT2D eigenvalue weighted by Gasteiger charge is -1.99. The molecule has 0 aliphatic heterocycles. The maximum atomic E-state index is 5.24. The van der Waals surface area contributed by atoms with Crippen LogP contribution in [-0.2, 0) is 0 Å². The molecule has 58 valence electrons. The zero-order valence-corrected chi connectivity index (χ0v) is 5.79. The third-order valence-corrected chi connectivity index (χ3v) is 1.11. The van der Waals surface area contributed by atoms with Gasteiger partial charge in [0.1, 0.15) is 12.4 Å². The summed E-state index contributed by atoms with van der Waals surface area (Å²) in [5, 5.41) is 0. The SMILES string of the molecule is B.C=CCOc1ccccc1. The van der Waals surface area contributed by atoms with Crippen LogP contribution in [0.4, 0.5) is 0 Å². The Bertz CT molecular complexity index is 196. The van der Waals surface area contributed by atoms with E-state index in [-0.39, 0.29) is 8.41 Å². The second-order valence-electron chi connectivity index (χ2n) is 1.91. The second-order valence-corrected chi connectivity index (χ2v) is 1.91. The first-order chi connectivity index (χ1) is 4.93. The van der Waals surface area contributed by atoms with E-state index in [4.69, 9.17) is 4.74 Å². The molecule has 0 bridgehead atoms. The van der Waals surface area contributed by atoms with E-state index in [1.165, 1.54) is 0 Å². The van der Waals surface area contributed by atoms with Crippen molar-refractivity contribution >= 4 is 8.41 Å². The predicted molar refractivity (Wildman–Crippen MR) is 52.1 cm³/mol. The molecule has 0 heterocycles. The molecule has 1 aromatic carbocycles. The molecule has 0 aliphatic carbocycles. The molecule has 0 saturated carbocycles. The highest BCUT2D eigenvalue weighted by atomic mass is 16.5. The van der Waals surface area contributed by atoms with Crippen LogP contribution in [-0.4, -0.2) is 15.0 Å². The lowest BCUT2D eigenvalue weighted by Crippen LogP contribution is -1.91. The highest BCUT2D eigenvalue weighted by Gasteiger charge is 1.84. The Kier molecular flexibility index (Phi) is 5.00. The standard InChI is InChI=1S/C9H10O.BH3/c1-2-8-10-9-6-4-3-5-7-9;/h2-7H,1,8H2;1H3. The quantitative estimate of drug-likeness (QED) is 0.460. The fourth-order valence-electron chi connectivity index (χ4n) is 0.672. The van der Waals surface area contributed by atoms with Gasteiger partial charge in [0.2, 0.25) is 0 Å². The van der Waals surface area contributed by atoms with Crippen molar-refractivity contribution in [2.45, 2.75) is 0 Å². The van der Waals surface area contributed by atoms with Gasteiger partial charge >= 0.3 is 0 Å². The summed E-state index contributed by atoms with van der Waals surface area (Å²) < 4.78 is 5.24. The maximum Gasteiger partial charge on any atom is 0.119 e. The van der Waals surface area contributed by atoms with Gasteiger partial charge in [-0.3, -0.25) is 0 Å². The van der Waals surface area contributed by atoms with Crippen LogP contribution in [0.3, 0.4) is 0 Å². The molecule has 1 nitrogen and oxygen atoms in total. The number of benzene rings is 1. The van der Waals surface area contributed by atoms with Crippen molar-refractivity contribution in [1.29, 1.82) is 0 Å². The van der Waals surface area contributed by atoms with Crippen LogP contribution in [0.1, 0.15) is 0 Å². The Labute approximate surface area is 69.3 Å². The molecular weight excluding hydrogens is 135 g/mol. The van der Waals surface area contributed by atoms with Crippen LogP contribution in [0.5, 0.6) is 5.75 Å². The van der Waals surface area contributed by atoms with Gasteiger partial charge in [-0.05, 0) is 12.1 Å². The van der Waals surface area contributed by atoms with Gasteiger partial charge < -0.3 is 4.74 Å². The van der Waals surface area contributed by atoms with Crippen molar-refractivity contribution in [3.8, 4) is 5.75 Å². The molecule has 0 amide bonds. The fourth-order valence-corrected chi connectivity index (χ4v) is 0.672. The van der Waals surface area contributed by atoms with E-state index < -0.39 is 0 Å². The third-order valence-electron chi connectivity index (χ3n) is 1.11. The van der Waals surface area contributed by atoms with E-state index in [0.717, 1.165) is 5.75 Å². The molecule has 1 rings (SSSR count). The van der Waals surface area contributed by atoms with Gasteiger partial charge in [-0.25, -0.2) is 0 Å². The Hall–Kier alpha value is -1.18. The van der Waals surface area contributed by atoms with Gasteiger partial charge in [0, 0.05) is 0 Å². The van der Waals surface area contributed by atoms with Crippen molar-refractivity contribution in [2.24, 2.45) is 0 Å². The third kappa shape index (κ3) is 3.51. The van der Waals surface area contributed by atoms with Gasteiger partial charge in [-0.1, -0.05) is 30.9 Å². The number of hydrogen-bond acceptors (Lipinski definition) is 1. The van der Waals surface area contributed by atoms with Gasteiger partial charge in [-0.2, -0.15) is 0 Å². The van der Waals surface area contributed by atoms with E-state index in [2.05, 4.69) is 6.58 Å². The number of hydrogen-bond donors (Lipinski definition) is 0. The number of ether oxygens (including phenoxy) is 1. The zero-order chi connectivity index (χ0) is 7.23. The molecule has 0 atom stereocenters. The van der Waals surface area contributed by atoms with Gasteiger partial charge in [-0.15, -0.1) is 0 Å². The summed E-state index contributed by atoms with van der Waals surface area (Å²) in [7, 11) is 0. The Morgan fingerprint density at radius 1 is 1.27 bits per heavy atom. The summed E-state index contributed by atoms with van der Waals surface area (Å²) in [6, 6.07) is 9.69. The zero-order valence-electron chi connectivity index (χ0n) is 5.79. The minimum Gasteiger partial charge on any atom is -0.490 e. The summed E-state index contributed by atoms with van der Waals surface area (Å²) in [5.41, 5.74) is 0. The Morgan fingerprint density at radius 3 is 2.45 bits per heavy atom. The summed E-state index contributed by atoms with van der Waals surface area (Å²) in [5.74, 6) is 0.891. The normalized spacial score (nSPS) is 8.00. The van der Waals surface area contributed by atoms with Crippen LogP contribution >= 0.6 is 0 Å². The van der Waals surface area contributed by atoms with Crippen LogP contribution in [0.2, 0.25) is 0 Å². The van der Waals surface area contributed by atoms with E-state index in [0.29, 0.717) is 6.61 Å². The lowest BCUT2D eigenvalue weighted by atomic mass is 10.3. The summed E-state index contributed by atoms with van der Waals surface area (Å²) >= 11 is 0. The van der Waals surface area contributed by atoms with Crippen LogP contribution in [0, 0.1) is 0 Å². The molecule has 1 aromatic rings. The predicted octanol–water partition coefficient (Wildman–Crippen LogP) is 1.07. The Morgan fingerprint density at radius 2 is 1.91 bits per heavy atom. The first kappa shape index (κ1) is 9.82. The van der Waals surface area contributed by atoms with Gasteiger partial charge in [0.25, 0.3) is 0 Å². The van der Waals surface area contributed by atoms with Crippen molar-refractivity contribution in [3.63, 3.8) is 0 Å². The summed E-state index contributed by atoms with van der Waals surface area (Å²) in [4.78, 5) is 0. The topological polar surface area (TPSA) is 9.23 Å². The highest BCUT2D eigenvalue weighted by Crippen LogP contribution is 2.07. The smallest absolute Gasteiger partial charge is 0.119 e. The molecule has 11 heavy (non-hydrogen) atoms. The lowest BCUT2D eigenvalue weighted by molar-refractivity contribution is 0.363. The molecule has 0 N–H and O–H groups in total. The van der Waals surface area contributed by atoms with Crippen molar-refractivity contribution in [2.75, 3.05) is 6.61 Å².